The molecule has 0 saturated carbocycles. The van der Waals surface area contributed by atoms with Gasteiger partial charge in [0, 0.05) is 22.8 Å². The molecule has 0 aliphatic rings. The molecule has 0 heterocycles. The molecule has 0 fully saturated rings. The van der Waals surface area contributed by atoms with Gasteiger partial charge >= 0.3 is 5.97 Å². The third-order valence-electron chi connectivity index (χ3n) is 4.03. The number of carbonyl (C=O) groups is 2. The molecule has 0 saturated heterocycles. The second-order valence-electron chi connectivity index (χ2n) is 6.76. The van der Waals surface area contributed by atoms with Crippen LogP contribution in [0.4, 0.5) is 11.4 Å². The van der Waals surface area contributed by atoms with Crippen molar-refractivity contribution in [3.8, 4) is 0 Å². The highest BCUT2D eigenvalue weighted by molar-refractivity contribution is 7.89. The summed E-state index contributed by atoms with van der Waals surface area (Å²) in [5.74, 6) is -2.08. The summed E-state index contributed by atoms with van der Waals surface area (Å²) >= 11 is 5.76. The molecule has 1 unspecified atom stereocenters. The minimum absolute atomic E-state index is 0.0775. The zero-order valence-electron chi connectivity index (χ0n) is 16.6. The molecule has 0 aromatic heterocycles. The molecular weight excluding hydrogens is 450 g/mol. The molecule has 12 heteroatoms. The van der Waals surface area contributed by atoms with Crippen molar-refractivity contribution in [1.82, 2.24) is 4.72 Å². The summed E-state index contributed by atoms with van der Waals surface area (Å²) in [5.41, 5.74) is 0.132. The number of ether oxygens (including phenoxy) is 1. The second-order valence-corrected chi connectivity index (χ2v) is 8.91. The molecule has 10 nitrogen and oxygen atoms in total. The zero-order chi connectivity index (χ0) is 23.2. The van der Waals surface area contributed by atoms with Crippen molar-refractivity contribution in [2.75, 3.05) is 11.9 Å². The Kier molecular flexibility index (Phi) is 8.08. The number of nitro groups is 1. The Morgan fingerprint density at radius 1 is 1.10 bits per heavy atom. The van der Waals surface area contributed by atoms with Crippen molar-refractivity contribution >= 4 is 44.9 Å². The van der Waals surface area contributed by atoms with Crippen molar-refractivity contribution in [2.45, 2.75) is 24.8 Å². The third kappa shape index (κ3) is 7.02. The summed E-state index contributed by atoms with van der Waals surface area (Å²) in [7, 11) is -4.03. The first kappa shape index (κ1) is 24.3. The van der Waals surface area contributed by atoms with Crippen LogP contribution in [-0.2, 0) is 24.3 Å². The van der Waals surface area contributed by atoms with Gasteiger partial charge in [0.2, 0.25) is 10.0 Å². The Bertz CT molecular complexity index is 1050. The normalized spacial score (nSPS) is 12.3. The summed E-state index contributed by atoms with van der Waals surface area (Å²) < 4.78 is 32.3. The molecule has 0 aliphatic carbocycles. The van der Waals surface area contributed by atoms with E-state index in [1.807, 2.05) is 0 Å². The van der Waals surface area contributed by atoms with Gasteiger partial charge in [-0.15, -0.1) is 0 Å². The SMILES string of the molecule is CC(C)C(NS(=O)(=O)c1ccc(Cl)cc1)C(=O)OCC(=O)Nc1ccc([N+](=O)[O-])cc1. The van der Waals surface area contributed by atoms with Gasteiger partial charge in [0.15, 0.2) is 6.61 Å². The quantitative estimate of drug-likeness (QED) is 0.326. The van der Waals surface area contributed by atoms with Gasteiger partial charge in [-0.3, -0.25) is 19.7 Å². The van der Waals surface area contributed by atoms with Crippen LogP contribution >= 0.6 is 11.6 Å². The molecule has 31 heavy (non-hydrogen) atoms. The Morgan fingerprint density at radius 3 is 2.19 bits per heavy atom. The maximum Gasteiger partial charge on any atom is 0.324 e. The van der Waals surface area contributed by atoms with E-state index in [0.717, 1.165) is 0 Å². The Labute approximate surface area is 183 Å². The van der Waals surface area contributed by atoms with Crippen LogP contribution in [0.5, 0.6) is 0 Å². The van der Waals surface area contributed by atoms with Crippen molar-refractivity contribution in [3.05, 3.63) is 63.7 Å². The third-order valence-corrected chi connectivity index (χ3v) is 5.74. The Hall–Kier alpha value is -3.02. The number of benzene rings is 2. The molecule has 0 bridgehead atoms. The van der Waals surface area contributed by atoms with Gasteiger partial charge < -0.3 is 10.1 Å². The number of nitro benzene ring substituents is 1. The van der Waals surface area contributed by atoms with Gasteiger partial charge in [-0.05, 0) is 42.3 Å². The van der Waals surface area contributed by atoms with Crippen LogP contribution in [0.2, 0.25) is 5.02 Å². The van der Waals surface area contributed by atoms with Gasteiger partial charge in [-0.25, -0.2) is 8.42 Å². The first-order valence-corrected chi connectivity index (χ1v) is 10.8. The molecule has 2 aromatic rings. The first-order valence-electron chi connectivity index (χ1n) is 8.98. The first-order chi connectivity index (χ1) is 14.5. The lowest BCUT2D eigenvalue weighted by atomic mass is 10.1. The highest BCUT2D eigenvalue weighted by Gasteiger charge is 2.30. The van der Waals surface area contributed by atoms with Crippen LogP contribution in [-0.4, -0.2) is 37.9 Å². The van der Waals surface area contributed by atoms with Crippen LogP contribution in [0.25, 0.3) is 0 Å². The maximum atomic E-state index is 12.5. The van der Waals surface area contributed by atoms with Gasteiger partial charge in [0.1, 0.15) is 6.04 Å². The van der Waals surface area contributed by atoms with Gasteiger partial charge in [0.25, 0.3) is 11.6 Å². The number of amides is 1. The smallest absolute Gasteiger partial charge is 0.324 e. The molecule has 2 aromatic carbocycles. The largest absolute Gasteiger partial charge is 0.454 e. The number of hydrogen-bond donors (Lipinski definition) is 2. The molecule has 1 atom stereocenters. The van der Waals surface area contributed by atoms with Crippen molar-refractivity contribution in [1.29, 1.82) is 0 Å². The van der Waals surface area contributed by atoms with Crippen LogP contribution in [0, 0.1) is 16.0 Å². The predicted octanol–water partition coefficient (Wildman–Crippen LogP) is 2.73. The van der Waals surface area contributed by atoms with Gasteiger partial charge in [-0.2, -0.15) is 4.72 Å². The minimum Gasteiger partial charge on any atom is -0.454 e. The number of sulfonamides is 1. The van der Waals surface area contributed by atoms with Crippen LogP contribution in [0.3, 0.4) is 0 Å². The summed E-state index contributed by atoms with van der Waals surface area (Å²) in [6.45, 7) is 2.57. The average molecular weight is 470 g/mol. The fourth-order valence-electron chi connectivity index (χ4n) is 2.40. The molecule has 0 spiro atoms. The van der Waals surface area contributed by atoms with Gasteiger partial charge in [-0.1, -0.05) is 25.4 Å². The predicted molar refractivity (Wildman–Crippen MR) is 113 cm³/mol. The topological polar surface area (TPSA) is 145 Å². The van der Waals surface area contributed by atoms with Crippen molar-refractivity contribution in [2.24, 2.45) is 5.92 Å². The molecule has 0 radical (unpaired) electrons. The molecule has 166 valence electrons. The lowest BCUT2D eigenvalue weighted by Gasteiger charge is -2.20. The number of hydrogen-bond acceptors (Lipinski definition) is 7. The van der Waals surface area contributed by atoms with E-state index in [1.54, 1.807) is 13.8 Å². The number of nitrogens with zero attached hydrogens (tertiary/aromatic N) is 1. The second kappa shape index (κ2) is 10.3. The van der Waals surface area contributed by atoms with E-state index >= 15 is 0 Å². The molecule has 2 rings (SSSR count). The standard InChI is InChI=1S/C19H20ClN3O7S/c1-12(2)18(22-31(28,29)16-9-3-13(20)4-10-16)19(25)30-11-17(24)21-14-5-7-15(8-6-14)23(26)27/h3-10,12,18,22H,11H2,1-2H3,(H,21,24). The molecule has 0 aliphatic heterocycles. The van der Waals surface area contributed by atoms with Crippen LogP contribution in [0.1, 0.15) is 13.8 Å². The Morgan fingerprint density at radius 2 is 1.68 bits per heavy atom. The summed E-state index contributed by atoms with van der Waals surface area (Å²) in [4.78, 5) is 34.4. The van der Waals surface area contributed by atoms with E-state index in [-0.39, 0.29) is 16.3 Å². The number of esters is 1. The fourth-order valence-corrected chi connectivity index (χ4v) is 3.85. The summed E-state index contributed by atoms with van der Waals surface area (Å²) in [6.07, 6.45) is 0. The van der Waals surface area contributed by atoms with E-state index < -0.39 is 45.4 Å². The minimum atomic E-state index is -4.03. The van der Waals surface area contributed by atoms with Crippen LogP contribution in [0.15, 0.2) is 53.4 Å². The maximum absolute atomic E-state index is 12.5. The highest BCUT2D eigenvalue weighted by Crippen LogP contribution is 2.17. The van der Waals surface area contributed by atoms with Gasteiger partial charge in [0.05, 0.1) is 9.82 Å². The Balaban J connectivity index is 1.98. The van der Waals surface area contributed by atoms with E-state index in [9.17, 15) is 28.1 Å². The van der Waals surface area contributed by atoms with E-state index in [1.165, 1.54) is 48.5 Å². The number of nitrogens with one attached hydrogen (secondary N) is 2. The fraction of sp³-hybridized carbons (Fsp3) is 0.263. The monoisotopic (exact) mass is 469 g/mol. The number of rotatable bonds is 9. The number of halogens is 1. The molecule has 1 amide bonds. The lowest BCUT2D eigenvalue weighted by Crippen LogP contribution is -2.45. The summed E-state index contributed by atoms with van der Waals surface area (Å²) in [6, 6.07) is 9.25. The molecular formula is C19H20ClN3O7S. The molecule has 2 N–H and O–H groups in total. The van der Waals surface area contributed by atoms with E-state index in [4.69, 9.17) is 16.3 Å². The number of non-ortho nitro benzene ring substituents is 1. The van der Waals surface area contributed by atoms with E-state index in [2.05, 4.69) is 10.0 Å². The van der Waals surface area contributed by atoms with Crippen molar-refractivity contribution in [3.63, 3.8) is 0 Å². The lowest BCUT2D eigenvalue weighted by molar-refractivity contribution is -0.384. The number of carbonyl (C=O) groups excluding carboxylic acids is 2. The average Bonchev–Trinajstić information content (AvgIpc) is 2.71. The highest BCUT2D eigenvalue weighted by atomic mass is 35.5. The number of anilines is 1. The van der Waals surface area contributed by atoms with Crippen LogP contribution < -0.4 is 10.0 Å². The van der Waals surface area contributed by atoms with Crippen molar-refractivity contribution < 1.29 is 27.7 Å². The summed E-state index contributed by atoms with van der Waals surface area (Å²) in [5, 5.41) is 13.4. The van der Waals surface area contributed by atoms with E-state index in [0.29, 0.717) is 5.02 Å². The zero-order valence-corrected chi connectivity index (χ0v) is 18.1.